The van der Waals surface area contributed by atoms with E-state index in [2.05, 4.69) is 26.0 Å². The zero-order valence-electron chi connectivity index (χ0n) is 21.8. The molecule has 36 heavy (non-hydrogen) atoms. The van der Waals surface area contributed by atoms with Crippen molar-refractivity contribution in [1.82, 2.24) is 0 Å². The first kappa shape index (κ1) is 24.7. The number of aromatic hydroxyl groups is 3. The van der Waals surface area contributed by atoms with E-state index in [0.717, 1.165) is 59.1 Å². The maximum Gasteiger partial charge on any atom is 0.123 e. The number of hydrogen-bond donors (Lipinski definition) is 3. The minimum atomic E-state index is -0.462. The molecule has 190 valence electrons. The Morgan fingerprint density at radius 1 is 0.583 bits per heavy atom. The average Bonchev–Trinajstić information content (AvgIpc) is 2.89. The van der Waals surface area contributed by atoms with Crippen molar-refractivity contribution in [2.24, 2.45) is 0 Å². The van der Waals surface area contributed by atoms with Crippen LogP contribution in [0.4, 0.5) is 0 Å². The van der Waals surface area contributed by atoms with E-state index in [-0.39, 0.29) is 5.75 Å². The second-order valence-electron chi connectivity index (χ2n) is 11.2. The van der Waals surface area contributed by atoms with Gasteiger partial charge in [-0.05, 0) is 68.6 Å². The number of aryl methyl sites for hydroxylation is 2. The SMILES string of the molecule is Cc1cc(C2CCCCC2)c(O)c(C(c2ccccc2O)c2cc(C)cc(C3CCCCC3)c2O)c1. The molecule has 3 aromatic rings. The van der Waals surface area contributed by atoms with Gasteiger partial charge in [0.1, 0.15) is 17.2 Å². The van der Waals surface area contributed by atoms with Crippen molar-refractivity contribution in [3.05, 3.63) is 87.5 Å². The largest absolute Gasteiger partial charge is 0.508 e. The van der Waals surface area contributed by atoms with Crippen LogP contribution in [0.2, 0.25) is 0 Å². The van der Waals surface area contributed by atoms with Crippen LogP contribution in [0.1, 0.15) is 121 Å². The van der Waals surface area contributed by atoms with Crippen LogP contribution in [0.15, 0.2) is 48.5 Å². The minimum Gasteiger partial charge on any atom is -0.508 e. The van der Waals surface area contributed by atoms with Gasteiger partial charge in [0.25, 0.3) is 0 Å². The van der Waals surface area contributed by atoms with Crippen molar-refractivity contribution in [2.45, 2.75) is 95.8 Å². The van der Waals surface area contributed by atoms with E-state index in [1.54, 1.807) is 6.07 Å². The maximum absolute atomic E-state index is 11.8. The zero-order chi connectivity index (χ0) is 25.2. The number of phenolic OH excluding ortho intramolecular Hbond substituents is 3. The Morgan fingerprint density at radius 3 is 1.47 bits per heavy atom. The molecule has 0 saturated heterocycles. The van der Waals surface area contributed by atoms with Gasteiger partial charge in [-0.25, -0.2) is 0 Å². The molecule has 0 atom stereocenters. The Morgan fingerprint density at radius 2 is 1.03 bits per heavy atom. The summed E-state index contributed by atoms with van der Waals surface area (Å²) in [6.45, 7) is 4.17. The van der Waals surface area contributed by atoms with Gasteiger partial charge in [0.15, 0.2) is 0 Å². The molecule has 3 heteroatoms. The first-order chi connectivity index (χ1) is 17.4. The lowest BCUT2D eigenvalue weighted by atomic mass is 9.76. The molecule has 0 spiro atoms. The van der Waals surface area contributed by atoms with Crippen LogP contribution in [-0.4, -0.2) is 15.3 Å². The Kier molecular flexibility index (Phi) is 7.27. The molecule has 5 rings (SSSR count). The molecule has 0 bridgehead atoms. The number of phenols is 3. The summed E-state index contributed by atoms with van der Waals surface area (Å²) in [6.07, 6.45) is 11.7. The molecule has 0 amide bonds. The van der Waals surface area contributed by atoms with Crippen molar-refractivity contribution < 1.29 is 15.3 Å². The minimum absolute atomic E-state index is 0.183. The highest BCUT2D eigenvalue weighted by Gasteiger charge is 2.31. The number of para-hydroxylation sites is 1. The van der Waals surface area contributed by atoms with Gasteiger partial charge in [-0.3, -0.25) is 0 Å². The van der Waals surface area contributed by atoms with Gasteiger partial charge >= 0.3 is 0 Å². The third-order valence-corrected chi connectivity index (χ3v) is 8.59. The van der Waals surface area contributed by atoms with E-state index in [1.807, 2.05) is 30.3 Å². The molecular formula is C33H40O3. The predicted octanol–water partition coefficient (Wildman–Crippen LogP) is 8.70. The maximum atomic E-state index is 11.8. The van der Waals surface area contributed by atoms with Gasteiger partial charge in [-0.1, -0.05) is 92.1 Å². The fourth-order valence-corrected chi connectivity index (χ4v) is 6.80. The molecule has 0 aromatic heterocycles. The Hall–Kier alpha value is -2.94. The molecule has 3 N–H and O–H groups in total. The van der Waals surface area contributed by atoms with Crippen molar-refractivity contribution in [1.29, 1.82) is 0 Å². The highest BCUT2D eigenvalue weighted by Crippen LogP contribution is 2.50. The number of benzene rings is 3. The van der Waals surface area contributed by atoms with Gasteiger partial charge in [-0.2, -0.15) is 0 Å². The summed E-state index contributed by atoms with van der Waals surface area (Å²) in [4.78, 5) is 0. The molecule has 2 aliphatic carbocycles. The molecule has 3 nitrogen and oxygen atoms in total. The number of rotatable bonds is 5. The van der Waals surface area contributed by atoms with Crippen molar-refractivity contribution in [3.8, 4) is 17.2 Å². The highest BCUT2D eigenvalue weighted by molar-refractivity contribution is 5.61. The second-order valence-corrected chi connectivity index (χ2v) is 11.2. The molecule has 0 heterocycles. The summed E-state index contributed by atoms with van der Waals surface area (Å²) < 4.78 is 0. The van der Waals surface area contributed by atoms with E-state index < -0.39 is 5.92 Å². The third-order valence-electron chi connectivity index (χ3n) is 8.59. The van der Waals surface area contributed by atoms with Crippen LogP contribution < -0.4 is 0 Å². The molecule has 0 unspecified atom stereocenters. The molecule has 3 aromatic carbocycles. The Labute approximate surface area is 215 Å². The quantitative estimate of drug-likeness (QED) is 0.317. The van der Waals surface area contributed by atoms with Gasteiger partial charge in [0.05, 0.1) is 0 Å². The summed E-state index contributed by atoms with van der Waals surface area (Å²) in [7, 11) is 0. The number of hydrogen-bond acceptors (Lipinski definition) is 3. The van der Waals surface area contributed by atoms with Gasteiger partial charge < -0.3 is 15.3 Å². The van der Waals surface area contributed by atoms with Gasteiger partial charge in [0, 0.05) is 22.6 Å². The molecular weight excluding hydrogens is 444 g/mol. The molecule has 0 aliphatic heterocycles. The smallest absolute Gasteiger partial charge is 0.123 e. The zero-order valence-corrected chi connectivity index (χ0v) is 21.8. The van der Waals surface area contributed by atoms with E-state index in [4.69, 9.17) is 0 Å². The van der Waals surface area contributed by atoms with Gasteiger partial charge in [0.2, 0.25) is 0 Å². The summed E-state index contributed by atoms with van der Waals surface area (Å²) in [5.74, 6) is 1.07. The summed E-state index contributed by atoms with van der Waals surface area (Å²) in [5.41, 5.74) is 6.49. The van der Waals surface area contributed by atoms with E-state index in [1.165, 1.54) is 38.5 Å². The Bertz CT molecular complexity index is 1140. The fraction of sp³-hybridized carbons (Fsp3) is 0.455. The standard InChI is InChI=1S/C33H40O3/c1-21-17-26(23-11-5-3-6-12-23)32(35)28(19-21)31(25-15-9-10-16-30(25)34)29-20-22(2)18-27(33(29)36)24-13-7-4-8-14-24/h9-10,15-20,23-24,31,34-36H,3-8,11-14H2,1-2H3. The second kappa shape index (κ2) is 10.6. The first-order valence-electron chi connectivity index (χ1n) is 13.9. The van der Waals surface area contributed by atoms with Crippen molar-refractivity contribution >= 4 is 0 Å². The van der Waals surface area contributed by atoms with Crippen LogP contribution >= 0.6 is 0 Å². The van der Waals surface area contributed by atoms with Crippen molar-refractivity contribution in [3.63, 3.8) is 0 Å². The summed E-state index contributed by atoms with van der Waals surface area (Å²) in [6, 6.07) is 15.7. The van der Waals surface area contributed by atoms with E-state index >= 15 is 0 Å². The van der Waals surface area contributed by atoms with Crippen LogP contribution in [0, 0.1) is 13.8 Å². The van der Waals surface area contributed by atoms with E-state index in [9.17, 15) is 15.3 Å². The third kappa shape index (κ3) is 4.85. The van der Waals surface area contributed by atoms with Gasteiger partial charge in [-0.15, -0.1) is 0 Å². The summed E-state index contributed by atoms with van der Waals surface area (Å²) >= 11 is 0. The lowest BCUT2D eigenvalue weighted by Crippen LogP contribution is -2.11. The van der Waals surface area contributed by atoms with Crippen molar-refractivity contribution in [2.75, 3.05) is 0 Å². The predicted molar refractivity (Wildman–Crippen MR) is 146 cm³/mol. The lowest BCUT2D eigenvalue weighted by molar-refractivity contribution is 0.405. The first-order valence-corrected chi connectivity index (χ1v) is 13.9. The molecule has 0 radical (unpaired) electrons. The summed E-state index contributed by atoms with van der Waals surface area (Å²) in [5, 5.41) is 34.5. The lowest BCUT2D eigenvalue weighted by Gasteiger charge is -2.29. The highest BCUT2D eigenvalue weighted by atomic mass is 16.3. The Balaban J connectivity index is 1.72. The molecule has 2 aliphatic rings. The normalized spacial score (nSPS) is 17.5. The molecule has 2 saturated carbocycles. The molecule has 2 fully saturated rings. The van der Waals surface area contributed by atoms with Crippen LogP contribution in [0.3, 0.4) is 0 Å². The average molecular weight is 485 g/mol. The van der Waals surface area contributed by atoms with Crippen LogP contribution in [-0.2, 0) is 0 Å². The van der Waals surface area contributed by atoms with Crippen LogP contribution in [0.25, 0.3) is 0 Å². The topological polar surface area (TPSA) is 60.7 Å². The monoisotopic (exact) mass is 484 g/mol. The fourth-order valence-electron chi connectivity index (χ4n) is 6.80. The van der Waals surface area contributed by atoms with E-state index in [0.29, 0.717) is 28.9 Å². The van der Waals surface area contributed by atoms with Crippen LogP contribution in [0.5, 0.6) is 17.2 Å².